The third-order valence-electron chi connectivity index (χ3n) is 6.08. The van der Waals surface area contributed by atoms with Crippen molar-refractivity contribution in [3.05, 3.63) is 70.5 Å². The van der Waals surface area contributed by atoms with Crippen LogP contribution in [0.15, 0.2) is 53.9 Å². The van der Waals surface area contributed by atoms with Crippen molar-refractivity contribution < 1.29 is 9.59 Å². The Morgan fingerprint density at radius 3 is 2.70 bits per heavy atom. The molecule has 5 N–H and O–H groups in total. The molecule has 1 aliphatic carbocycles. The van der Waals surface area contributed by atoms with E-state index >= 15 is 0 Å². The van der Waals surface area contributed by atoms with Crippen molar-refractivity contribution in [3.63, 3.8) is 0 Å². The van der Waals surface area contributed by atoms with Crippen molar-refractivity contribution in [2.75, 3.05) is 18.4 Å². The zero-order valence-electron chi connectivity index (χ0n) is 18.7. The summed E-state index contributed by atoms with van der Waals surface area (Å²) in [4.78, 5) is 40.6. The molecule has 2 heterocycles. The number of nitrogens with one attached hydrogen (secondary N) is 3. The molecule has 1 aliphatic heterocycles. The summed E-state index contributed by atoms with van der Waals surface area (Å²) in [6, 6.07) is 9.65. The third kappa shape index (κ3) is 4.45. The first-order valence-electron chi connectivity index (χ1n) is 10.9. The average molecular weight is 449 g/mol. The summed E-state index contributed by atoms with van der Waals surface area (Å²) in [5.41, 5.74) is 3.66. The lowest BCUT2D eigenvalue weighted by Crippen LogP contribution is -2.56. The number of dihydropyridines is 1. The number of anilines is 2. The Morgan fingerprint density at radius 2 is 2.03 bits per heavy atom. The molecule has 0 fully saturated rings. The Labute approximate surface area is 192 Å². The number of carbonyl (C=O) groups is 2. The number of nitrogens with zero attached hydrogens (tertiary/aromatic N) is 2. The van der Waals surface area contributed by atoms with Crippen LogP contribution in [0.2, 0.25) is 0 Å². The van der Waals surface area contributed by atoms with Crippen LogP contribution in [0, 0.1) is 10.8 Å². The molecule has 2 aliphatic rings. The van der Waals surface area contributed by atoms with Gasteiger partial charge in [0.2, 0.25) is 5.91 Å². The molecular weight excluding hydrogens is 420 g/mol. The van der Waals surface area contributed by atoms with Crippen LogP contribution in [-0.2, 0) is 11.2 Å². The van der Waals surface area contributed by atoms with Gasteiger partial charge >= 0.3 is 0 Å². The monoisotopic (exact) mass is 448 g/mol. The number of fused-ring (bicyclic) bond motifs is 1. The van der Waals surface area contributed by atoms with E-state index in [1.165, 1.54) is 0 Å². The van der Waals surface area contributed by atoms with Gasteiger partial charge < -0.3 is 15.6 Å². The fraction of sp³-hybridized carbons (Fsp3) is 0.333. The first kappa shape index (κ1) is 22.5. The molecular formula is C24H28N6O3. The molecule has 33 heavy (non-hydrogen) atoms. The van der Waals surface area contributed by atoms with E-state index in [0.29, 0.717) is 29.9 Å². The zero-order chi connectivity index (χ0) is 23.6. The molecule has 9 heteroatoms. The summed E-state index contributed by atoms with van der Waals surface area (Å²) in [5.74, 6) is 4.93. The van der Waals surface area contributed by atoms with Gasteiger partial charge in [-0.25, -0.2) is 5.84 Å². The van der Waals surface area contributed by atoms with Crippen LogP contribution in [0.1, 0.15) is 42.0 Å². The number of nitroso groups, excluding NO2 is 1. The van der Waals surface area contributed by atoms with Gasteiger partial charge in [0, 0.05) is 30.8 Å². The molecule has 4 rings (SSSR count). The third-order valence-corrected chi connectivity index (χ3v) is 6.08. The van der Waals surface area contributed by atoms with Crippen LogP contribution in [0.25, 0.3) is 5.57 Å². The number of nitrogens with two attached hydrogens (primary N) is 1. The van der Waals surface area contributed by atoms with Gasteiger partial charge in [0.1, 0.15) is 6.54 Å². The summed E-state index contributed by atoms with van der Waals surface area (Å²) in [5, 5.41) is 10.5. The Hall–Kier alpha value is -3.72. The van der Waals surface area contributed by atoms with Crippen molar-refractivity contribution >= 4 is 28.6 Å². The predicted molar refractivity (Wildman–Crippen MR) is 128 cm³/mol. The lowest BCUT2D eigenvalue weighted by molar-refractivity contribution is -0.141. The van der Waals surface area contributed by atoms with Gasteiger partial charge in [-0.05, 0) is 43.8 Å². The Balaban J connectivity index is 1.70. The maximum atomic E-state index is 13.3. The number of para-hydroxylation sites is 1. The van der Waals surface area contributed by atoms with Crippen molar-refractivity contribution in [1.29, 1.82) is 0 Å². The van der Waals surface area contributed by atoms with Gasteiger partial charge in [-0.15, -0.1) is 0 Å². The minimum atomic E-state index is -0.937. The standard InChI is InChI=1S/C24H28N6O3/c1-24(2,14-27-33)30(25)23(32)16-12-18-20(19(31)13-16)22(28-17-6-4-3-5-7-17)21(29-18)15-8-10-26-11-9-15/h3-10,16,26,28-29H,11-14,25H2,1-2H3. The number of benzene rings is 1. The minimum Gasteiger partial charge on any atom is -0.387 e. The second kappa shape index (κ2) is 9.03. The van der Waals surface area contributed by atoms with E-state index in [4.69, 9.17) is 5.84 Å². The van der Waals surface area contributed by atoms with Gasteiger partial charge in [-0.3, -0.25) is 14.6 Å². The maximum Gasteiger partial charge on any atom is 0.241 e. The van der Waals surface area contributed by atoms with Crippen LogP contribution in [0.5, 0.6) is 0 Å². The van der Waals surface area contributed by atoms with Crippen LogP contribution >= 0.6 is 0 Å². The van der Waals surface area contributed by atoms with E-state index < -0.39 is 11.5 Å². The molecule has 0 saturated carbocycles. The molecule has 1 amide bonds. The molecule has 2 aromatic rings. The highest BCUT2D eigenvalue weighted by Crippen LogP contribution is 2.39. The SMILES string of the molecule is CC(C)(CN=O)N(N)C(=O)C1CC(=O)c2c([nH]c(C3=CCNC=C3)c2Nc2ccccc2)C1. The number of aromatic amines is 1. The number of ketones is 1. The Kier molecular flexibility index (Phi) is 6.15. The van der Waals surface area contributed by atoms with E-state index in [1.54, 1.807) is 13.8 Å². The molecule has 9 nitrogen and oxygen atoms in total. The normalized spacial score (nSPS) is 17.6. The quantitative estimate of drug-likeness (QED) is 0.222. The highest BCUT2D eigenvalue weighted by molar-refractivity contribution is 6.08. The highest BCUT2D eigenvalue weighted by Gasteiger charge is 2.39. The van der Waals surface area contributed by atoms with E-state index in [0.717, 1.165) is 22.0 Å². The zero-order valence-corrected chi connectivity index (χ0v) is 18.7. The summed E-state index contributed by atoms with van der Waals surface area (Å²) < 4.78 is 0. The molecule has 0 saturated heterocycles. The summed E-state index contributed by atoms with van der Waals surface area (Å²) >= 11 is 0. The van der Waals surface area contributed by atoms with Crippen molar-refractivity contribution in [2.24, 2.45) is 16.9 Å². The molecule has 0 radical (unpaired) electrons. The van der Waals surface area contributed by atoms with E-state index in [-0.39, 0.29) is 24.7 Å². The number of hydrazine groups is 1. The average Bonchev–Trinajstić information content (AvgIpc) is 3.18. The molecule has 1 unspecified atom stereocenters. The van der Waals surface area contributed by atoms with Gasteiger partial charge in [-0.2, -0.15) is 4.91 Å². The number of rotatable bonds is 7. The van der Waals surface area contributed by atoms with E-state index in [1.807, 2.05) is 48.7 Å². The van der Waals surface area contributed by atoms with Crippen molar-refractivity contribution in [3.8, 4) is 0 Å². The van der Waals surface area contributed by atoms with Crippen LogP contribution < -0.4 is 16.5 Å². The predicted octanol–water partition coefficient (Wildman–Crippen LogP) is 3.25. The number of H-pyrrole nitrogens is 1. The summed E-state index contributed by atoms with van der Waals surface area (Å²) in [6.07, 6.45) is 6.24. The fourth-order valence-electron chi connectivity index (χ4n) is 4.21. The second-order valence-electron chi connectivity index (χ2n) is 8.96. The molecule has 1 aromatic carbocycles. The van der Waals surface area contributed by atoms with Gasteiger partial charge in [0.05, 0.1) is 28.4 Å². The number of allylic oxidation sites excluding steroid dienone is 2. The van der Waals surface area contributed by atoms with Crippen molar-refractivity contribution in [2.45, 2.75) is 32.2 Å². The minimum absolute atomic E-state index is 0.0430. The number of Topliss-reactive ketones (excluding diaryl/α,β-unsaturated/α-hetero) is 1. The van der Waals surface area contributed by atoms with Crippen molar-refractivity contribution in [1.82, 2.24) is 15.3 Å². The fourth-order valence-corrected chi connectivity index (χ4v) is 4.21. The lowest BCUT2D eigenvalue weighted by Gasteiger charge is -2.35. The molecule has 0 bridgehead atoms. The Morgan fingerprint density at radius 1 is 1.27 bits per heavy atom. The van der Waals surface area contributed by atoms with E-state index in [2.05, 4.69) is 20.8 Å². The molecule has 172 valence electrons. The largest absolute Gasteiger partial charge is 0.387 e. The first-order valence-corrected chi connectivity index (χ1v) is 10.9. The van der Waals surface area contributed by atoms with Gasteiger partial charge in [-0.1, -0.05) is 29.5 Å². The number of aromatic nitrogens is 1. The number of hydrogen-bond acceptors (Lipinski definition) is 7. The first-order chi connectivity index (χ1) is 15.8. The molecule has 0 spiro atoms. The van der Waals surface area contributed by atoms with Crippen LogP contribution in [0.4, 0.5) is 11.4 Å². The Bertz CT molecular complexity index is 1130. The lowest BCUT2D eigenvalue weighted by atomic mass is 9.84. The number of amides is 1. The number of hydrogen-bond donors (Lipinski definition) is 4. The highest BCUT2D eigenvalue weighted by atomic mass is 16.3. The molecule has 1 aromatic heterocycles. The number of carbonyl (C=O) groups excluding carboxylic acids is 2. The van der Waals surface area contributed by atoms with Gasteiger partial charge in [0.15, 0.2) is 5.78 Å². The second-order valence-corrected chi connectivity index (χ2v) is 8.96. The summed E-state index contributed by atoms with van der Waals surface area (Å²) in [6.45, 7) is 3.89. The van der Waals surface area contributed by atoms with E-state index in [9.17, 15) is 14.5 Å². The summed E-state index contributed by atoms with van der Waals surface area (Å²) in [7, 11) is 0. The maximum absolute atomic E-state index is 13.3. The molecule has 1 atom stereocenters. The van der Waals surface area contributed by atoms with Crippen LogP contribution in [0.3, 0.4) is 0 Å². The smallest absolute Gasteiger partial charge is 0.241 e. The topological polar surface area (TPSA) is 133 Å². The van der Waals surface area contributed by atoms with Gasteiger partial charge in [0.25, 0.3) is 0 Å². The van der Waals surface area contributed by atoms with Crippen LogP contribution in [-0.4, -0.2) is 40.3 Å².